The van der Waals surface area contributed by atoms with Crippen molar-refractivity contribution in [1.82, 2.24) is 4.90 Å². The first-order valence-corrected chi connectivity index (χ1v) is 11.4. The van der Waals surface area contributed by atoms with Crippen LogP contribution in [-0.2, 0) is 15.8 Å². The van der Waals surface area contributed by atoms with Crippen LogP contribution in [0.25, 0.3) is 0 Å². The Hall–Kier alpha value is -3.08. The number of piperazine rings is 1. The quantitative estimate of drug-likeness (QED) is 0.509. The summed E-state index contributed by atoms with van der Waals surface area (Å²) in [4.78, 5) is 40.5. The first-order chi connectivity index (χ1) is 16.0. The van der Waals surface area contributed by atoms with Gasteiger partial charge in [-0.1, -0.05) is 0 Å². The zero-order valence-corrected chi connectivity index (χ0v) is 18.9. The molecule has 0 aliphatic carbocycles. The number of carbonyl (C=O) groups is 3. The third-order valence-corrected chi connectivity index (χ3v) is 7.09. The highest BCUT2D eigenvalue weighted by Gasteiger charge is 2.35. The summed E-state index contributed by atoms with van der Waals surface area (Å²) < 4.78 is 53.2. The van der Waals surface area contributed by atoms with Gasteiger partial charge in [0.2, 0.25) is 11.8 Å². The van der Waals surface area contributed by atoms with E-state index in [0.29, 0.717) is 36.8 Å². The van der Waals surface area contributed by atoms with E-state index in [0.717, 1.165) is 23.9 Å². The Morgan fingerprint density at radius 3 is 2.41 bits per heavy atom. The molecule has 11 heteroatoms. The molecule has 180 valence electrons. The predicted molar refractivity (Wildman–Crippen MR) is 120 cm³/mol. The molecule has 0 bridgehead atoms. The van der Waals surface area contributed by atoms with Crippen molar-refractivity contribution in [2.75, 3.05) is 36.4 Å². The van der Waals surface area contributed by atoms with Crippen LogP contribution >= 0.6 is 11.8 Å². The van der Waals surface area contributed by atoms with E-state index >= 15 is 0 Å². The van der Waals surface area contributed by atoms with Crippen LogP contribution in [0.2, 0.25) is 0 Å². The molecule has 1 N–H and O–H groups in total. The van der Waals surface area contributed by atoms with Crippen LogP contribution in [-0.4, -0.2) is 53.9 Å². The number of amides is 2. The number of anilines is 2. The monoisotopic (exact) mass is 495 g/mol. The molecule has 0 unspecified atom stereocenters. The Balaban J connectivity index is 1.35. The highest BCUT2D eigenvalue weighted by Crippen LogP contribution is 2.40. The second kappa shape index (κ2) is 9.28. The number of nitrogens with zero attached hydrogens (tertiary/aromatic N) is 2. The fourth-order valence-electron chi connectivity index (χ4n) is 3.93. The number of fused-ring (bicyclic) bond motifs is 1. The first kappa shape index (κ1) is 24.1. The summed E-state index contributed by atoms with van der Waals surface area (Å²) in [7, 11) is 0. The number of alkyl halides is 3. The standard InChI is InChI=1S/C23H21F4N3O3S/c1-13(31)14-2-4-18(16(24)10-14)29-6-8-30(9-7-29)21(32)12-20-22(33)28-17-11-15(23(25,26)27)3-5-19(17)34-20/h2-5,10-11,20H,6-9,12H2,1H3,(H,28,33)/t20-/m1/s1. The van der Waals surface area contributed by atoms with E-state index in [1.807, 2.05) is 0 Å². The van der Waals surface area contributed by atoms with E-state index in [1.165, 1.54) is 19.1 Å². The second-order valence-corrected chi connectivity index (χ2v) is 9.34. The highest BCUT2D eigenvalue weighted by atomic mass is 32.2. The summed E-state index contributed by atoms with van der Waals surface area (Å²) in [6, 6.07) is 7.44. The Labute approximate surface area is 197 Å². The van der Waals surface area contributed by atoms with Crippen molar-refractivity contribution in [1.29, 1.82) is 0 Å². The molecule has 1 atom stereocenters. The zero-order valence-electron chi connectivity index (χ0n) is 18.1. The molecule has 2 heterocycles. The van der Waals surface area contributed by atoms with Crippen LogP contribution in [0.3, 0.4) is 0 Å². The van der Waals surface area contributed by atoms with Gasteiger partial charge in [-0.3, -0.25) is 14.4 Å². The Morgan fingerprint density at radius 2 is 1.79 bits per heavy atom. The van der Waals surface area contributed by atoms with Crippen molar-refractivity contribution in [3.05, 3.63) is 53.3 Å². The average molecular weight is 495 g/mol. The largest absolute Gasteiger partial charge is 0.416 e. The Bertz CT molecular complexity index is 1150. The van der Waals surface area contributed by atoms with Gasteiger partial charge in [0, 0.05) is 43.1 Å². The molecule has 34 heavy (non-hydrogen) atoms. The van der Waals surface area contributed by atoms with Gasteiger partial charge in [0.1, 0.15) is 5.82 Å². The van der Waals surface area contributed by atoms with Gasteiger partial charge in [-0.2, -0.15) is 13.2 Å². The molecular formula is C23H21F4N3O3S. The van der Waals surface area contributed by atoms with Gasteiger partial charge >= 0.3 is 6.18 Å². The summed E-state index contributed by atoms with van der Waals surface area (Å²) in [5, 5.41) is 1.72. The minimum Gasteiger partial charge on any atom is -0.366 e. The number of nitrogens with one attached hydrogen (secondary N) is 1. The van der Waals surface area contributed by atoms with E-state index in [9.17, 15) is 31.9 Å². The topological polar surface area (TPSA) is 69.7 Å². The van der Waals surface area contributed by atoms with Crippen molar-refractivity contribution >= 4 is 40.7 Å². The lowest BCUT2D eigenvalue weighted by Crippen LogP contribution is -2.50. The molecule has 0 aromatic heterocycles. The van der Waals surface area contributed by atoms with Crippen molar-refractivity contribution in [3.63, 3.8) is 0 Å². The maximum atomic E-state index is 14.4. The smallest absolute Gasteiger partial charge is 0.366 e. The van der Waals surface area contributed by atoms with Gasteiger partial charge < -0.3 is 15.1 Å². The van der Waals surface area contributed by atoms with Crippen LogP contribution in [0.5, 0.6) is 0 Å². The van der Waals surface area contributed by atoms with Gasteiger partial charge in [0.05, 0.1) is 22.2 Å². The van der Waals surface area contributed by atoms with Gasteiger partial charge in [0.25, 0.3) is 0 Å². The number of hydrogen-bond donors (Lipinski definition) is 1. The number of ketones is 1. The second-order valence-electron chi connectivity index (χ2n) is 8.10. The number of Topliss-reactive ketones (excluding diaryl/α,β-unsaturated/α-hetero) is 1. The van der Waals surface area contributed by atoms with Crippen molar-refractivity contribution in [2.24, 2.45) is 0 Å². The maximum absolute atomic E-state index is 14.4. The van der Waals surface area contributed by atoms with Gasteiger partial charge in [0.15, 0.2) is 5.78 Å². The van der Waals surface area contributed by atoms with E-state index in [-0.39, 0.29) is 29.4 Å². The molecule has 0 spiro atoms. The molecule has 2 aliphatic heterocycles. The molecule has 2 amide bonds. The Morgan fingerprint density at radius 1 is 1.09 bits per heavy atom. The van der Waals surface area contributed by atoms with Gasteiger partial charge in [-0.15, -0.1) is 11.8 Å². The lowest BCUT2D eigenvalue weighted by Gasteiger charge is -2.37. The number of benzene rings is 2. The van der Waals surface area contributed by atoms with E-state index in [4.69, 9.17) is 0 Å². The lowest BCUT2D eigenvalue weighted by molar-refractivity contribution is -0.137. The molecule has 1 fully saturated rings. The molecule has 2 aliphatic rings. The Kier molecular flexibility index (Phi) is 6.57. The fourth-order valence-corrected chi connectivity index (χ4v) is 5.01. The minimum atomic E-state index is -4.52. The molecule has 2 aromatic carbocycles. The normalized spacial score (nSPS) is 18.4. The predicted octanol–water partition coefficient (Wildman–Crippen LogP) is 4.20. The molecule has 1 saturated heterocycles. The fraction of sp³-hybridized carbons (Fsp3) is 0.348. The third-order valence-electron chi connectivity index (χ3n) is 5.81. The van der Waals surface area contributed by atoms with Crippen LogP contribution < -0.4 is 10.2 Å². The SMILES string of the molecule is CC(=O)c1ccc(N2CCN(C(=O)C[C@H]3Sc4ccc(C(F)(F)F)cc4NC3=O)CC2)c(F)c1. The molecular weight excluding hydrogens is 474 g/mol. The minimum absolute atomic E-state index is 0.0833. The number of halogens is 4. The number of thioether (sulfide) groups is 1. The summed E-state index contributed by atoms with van der Waals surface area (Å²) in [5.41, 5.74) is -0.129. The summed E-state index contributed by atoms with van der Waals surface area (Å²) in [6.07, 6.45) is -4.61. The third kappa shape index (κ3) is 5.03. The molecule has 0 radical (unpaired) electrons. The van der Waals surface area contributed by atoms with Crippen molar-refractivity contribution in [2.45, 2.75) is 29.7 Å². The van der Waals surface area contributed by atoms with Crippen LogP contribution in [0, 0.1) is 5.82 Å². The number of rotatable bonds is 4. The van der Waals surface area contributed by atoms with E-state index in [1.54, 1.807) is 21.9 Å². The molecule has 6 nitrogen and oxygen atoms in total. The summed E-state index contributed by atoms with van der Waals surface area (Å²) in [5.74, 6) is -1.50. The molecule has 4 rings (SSSR count). The zero-order chi connectivity index (χ0) is 24.6. The summed E-state index contributed by atoms with van der Waals surface area (Å²) in [6.45, 7) is 2.79. The average Bonchev–Trinajstić information content (AvgIpc) is 2.78. The number of hydrogen-bond acceptors (Lipinski definition) is 5. The van der Waals surface area contributed by atoms with Crippen LogP contribution in [0.15, 0.2) is 41.3 Å². The highest BCUT2D eigenvalue weighted by molar-refractivity contribution is 8.01. The molecule has 2 aromatic rings. The van der Waals surface area contributed by atoms with Crippen molar-refractivity contribution < 1.29 is 31.9 Å². The molecule has 0 saturated carbocycles. The first-order valence-electron chi connectivity index (χ1n) is 10.5. The lowest BCUT2D eigenvalue weighted by atomic mass is 10.1. The maximum Gasteiger partial charge on any atom is 0.416 e. The number of carbonyl (C=O) groups excluding carboxylic acids is 3. The van der Waals surface area contributed by atoms with Crippen LogP contribution in [0.1, 0.15) is 29.3 Å². The van der Waals surface area contributed by atoms with E-state index in [2.05, 4.69) is 5.32 Å². The van der Waals surface area contributed by atoms with Gasteiger partial charge in [-0.25, -0.2) is 4.39 Å². The van der Waals surface area contributed by atoms with Crippen molar-refractivity contribution in [3.8, 4) is 0 Å². The van der Waals surface area contributed by atoms with Gasteiger partial charge in [-0.05, 0) is 43.3 Å². The summed E-state index contributed by atoms with van der Waals surface area (Å²) >= 11 is 1.07. The van der Waals surface area contributed by atoms with E-state index < -0.39 is 28.7 Å². The van der Waals surface area contributed by atoms with Crippen LogP contribution in [0.4, 0.5) is 28.9 Å².